The first-order chi connectivity index (χ1) is 10.4. The van der Waals surface area contributed by atoms with E-state index in [0.29, 0.717) is 16.5 Å². The zero-order valence-electron chi connectivity index (χ0n) is 13.0. The first-order valence-electron chi connectivity index (χ1n) is 6.88. The van der Waals surface area contributed by atoms with E-state index < -0.39 is 0 Å². The minimum atomic E-state index is -0.335. The van der Waals surface area contributed by atoms with Gasteiger partial charge in [0.05, 0.1) is 23.9 Å². The fraction of sp³-hybridized carbons (Fsp3) is 0.312. The van der Waals surface area contributed by atoms with E-state index in [1.54, 1.807) is 25.3 Å². The molecule has 0 saturated carbocycles. The SMILES string of the molecule is COc1ccc(NC(=O)NC(C)c2cc(C)oc2C)c(Cl)c1. The largest absolute Gasteiger partial charge is 0.497 e. The first kappa shape index (κ1) is 16.2. The third-order valence-electron chi connectivity index (χ3n) is 3.32. The van der Waals surface area contributed by atoms with Crippen LogP contribution in [0.2, 0.25) is 5.02 Å². The summed E-state index contributed by atoms with van der Waals surface area (Å²) in [5, 5.41) is 5.99. The molecule has 0 aliphatic carbocycles. The maximum Gasteiger partial charge on any atom is 0.319 e. The summed E-state index contributed by atoms with van der Waals surface area (Å²) in [6.45, 7) is 5.64. The maximum atomic E-state index is 12.1. The van der Waals surface area contributed by atoms with Gasteiger partial charge in [-0.2, -0.15) is 0 Å². The van der Waals surface area contributed by atoms with E-state index in [9.17, 15) is 4.79 Å². The van der Waals surface area contributed by atoms with E-state index in [4.69, 9.17) is 20.8 Å². The van der Waals surface area contributed by atoms with Crippen molar-refractivity contribution in [3.63, 3.8) is 0 Å². The van der Waals surface area contributed by atoms with Gasteiger partial charge in [0, 0.05) is 11.6 Å². The van der Waals surface area contributed by atoms with Crippen LogP contribution in [0.3, 0.4) is 0 Å². The number of halogens is 1. The van der Waals surface area contributed by atoms with Crippen LogP contribution >= 0.6 is 11.6 Å². The predicted octanol–water partition coefficient (Wildman–Crippen LogP) is 4.44. The second kappa shape index (κ2) is 6.75. The van der Waals surface area contributed by atoms with E-state index >= 15 is 0 Å². The number of benzene rings is 1. The average Bonchev–Trinajstić information content (AvgIpc) is 2.80. The molecule has 1 aromatic heterocycles. The Balaban J connectivity index is 2.02. The molecule has 0 aliphatic rings. The Morgan fingerprint density at radius 3 is 2.59 bits per heavy atom. The summed E-state index contributed by atoms with van der Waals surface area (Å²) in [4.78, 5) is 12.1. The Morgan fingerprint density at radius 2 is 2.05 bits per heavy atom. The van der Waals surface area contributed by atoms with Crippen LogP contribution in [-0.2, 0) is 0 Å². The number of aryl methyl sites for hydroxylation is 2. The zero-order valence-corrected chi connectivity index (χ0v) is 13.7. The predicted molar refractivity (Wildman–Crippen MR) is 86.8 cm³/mol. The van der Waals surface area contributed by atoms with Gasteiger partial charge in [-0.25, -0.2) is 4.79 Å². The Labute approximate surface area is 134 Å². The van der Waals surface area contributed by atoms with Gasteiger partial charge in [-0.3, -0.25) is 0 Å². The Bertz CT molecular complexity index is 682. The standard InChI is InChI=1S/C16H19ClN2O3/c1-9-7-13(11(3)22-9)10(2)18-16(20)19-15-6-5-12(21-4)8-14(15)17/h5-8,10H,1-4H3,(H2,18,19,20). The quantitative estimate of drug-likeness (QED) is 0.874. The molecule has 0 radical (unpaired) electrons. The highest BCUT2D eigenvalue weighted by Crippen LogP contribution is 2.27. The number of amides is 2. The molecule has 0 fully saturated rings. The minimum absolute atomic E-state index is 0.172. The number of nitrogens with one attached hydrogen (secondary N) is 2. The number of hydrogen-bond donors (Lipinski definition) is 2. The van der Waals surface area contributed by atoms with Crippen LogP contribution in [0.15, 0.2) is 28.7 Å². The number of methoxy groups -OCH3 is 1. The van der Waals surface area contributed by atoms with Gasteiger partial charge in [0.25, 0.3) is 0 Å². The molecule has 22 heavy (non-hydrogen) atoms. The van der Waals surface area contributed by atoms with Crippen molar-refractivity contribution < 1.29 is 13.9 Å². The molecule has 0 saturated heterocycles. The fourth-order valence-corrected chi connectivity index (χ4v) is 2.46. The first-order valence-corrected chi connectivity index (χ1v) is 7.26. The normalized spacial score (nSPS) is 11.9. The molecule has 2 rings (SSSR count). The lowest BCUT2D eigenvalue weighted by atomic mass is 10.1. The molecular formula is C16H19ClN2O3. The van der Waals surface area contributed by atoms with E-state index in [1.165, 1.54) is 0 Å². The molecule has 2 amide bonds. The van der Waals surface area contributed by atoms with Crippen LogP contribution < -0.4 is 15.4 Å². The number of hydrogen-bond acceptors (Lipinski definition) is 3. The van der Waals surface area contributed by atoms with Crippen molar-refractivity contribution in [1.82, 2.24) is 5.32 Å². The molecule has 0 spiro atoms. The van der Waals surface area contributed by atoms with Crippen LogP contribution in [0.1, 0.15) is 30.0 Å². The van der Waals surface area contributed by atoms with Gasteiger partial charge >= 0.3 is 6.03 Å². The number of urea groups is 1. The zero-order chi connectivity index (χ0) is 16.3. The smallest absolute Gasteiger partial charge is 0.319 e. The van der Waals surface area contributed by atoms with Gasteiger partial charge in [-0.05, 0) is 39.0 Å². The molecule has 118 valence electrons. The molecule has 2 N–H and O–H groups in total. The van der Waals surface area contributed by atoms with Gasteiger partial charge < -0.3 is 19.8 Å². The minimum Gasteiger partial charge on any atom is -0.497 e. The molecule has 0 aliphatic heterocycles. The molecule has 1 heterocycles. The Hall–Kier alpha value is -2.14. The van der Waals surface area contributed by atoms with Gasteiger partial charge in [0.2, 0.25) is 0 Å². The van der Waals surface area contributed by atoms with Crippen LogP contribution in [0, 0.1) is 13.8 Å². The Kier molecular flexibility index (Phi) is 4.98. The number of furan rings is 1. The molecule has 1 atom stereocenters. The van der Waals surface area contributed by atoms with Gasteiger partial charge in [-0.15, -0.1) is 0 Å². The summed E-state index contributed by atoms with van der Waals surface area (Å²) in [6.07, 6.45) is 0. The Morgan fingerprint density at radius 1 is 1.32 bits per heavy atom. The van der Waals surface area contributed by atoms with Gasteiger partial charge in [0.1, 0.15) is 17.3 Å². The van der Waals surface area contributed by atoms with Crippen molar-refractivity contribution in [2.75, 3.05) is 12.4 Å². The third kappa shape index (κ3) is 3.74. The highest BCUT2D eigenvalue weighted by molar-refractivity contribution is 6.33. The second-order valence-corrected chi connectivity index (χ2v) is 5.44. The molecular weight excluding hydrogens is 304 g/mol. The topological polar surface area (TPSA) is 63.5 Å². The van der Waals surface area contributed by atoms with Crippen molar-refractivity contribution in [3.8, 4) is 5.75 Å². The summed E-state index contributed by atoms with van der Waals surface area (Å²) < 4.78 is 10.5. The van der Waals surface area contributed by atoms with Crippen molar-refractivity contribution in [1.29, 1.82) is 0 Å². The lowest BCUT2D eigenvalue weighted by Crippen LogP contribution is -2.31. The number of carbonyl (C=O) groups is 1. The van der Waals surface area contributed by atoms with E-state index in [0.717, 1.165) is 17.1 Å². The number of anilines is 1. The van der Waals surface area contributed by atoms with Gasteiger partial charge in [-0.1, -0.05) is 11.6 Å². The molecule has 6 heteroatoms. The summed E-state index contributed by atoms with van der Waals surface area (Å²) in [6, 6.07) is 6.48. The van der Waals surface area contributed by atoms with Crippen molar-refractivity contribution in [2.24, 2.45) is 0 Å². The second-order valence-electron chi connectivity index (χ2n) is 5.03. The molecule has 2 aromatic rings. The van der Waals surface area contributed by atoms with Crippen LogP contribution in [0.4, 0.5) is 10.5 Å². The molecule has 1 aromatic carbocycles. The van der Waals surface area contributed by atoms with Crippen LogP contribution in [0.5, 0.6) is 5.75 Å². The third-order valence-corrected chi connectivity index (χ3v) is 3.63. The lowest BCUT2D eigenvalue weighted by Gasteiger charge is -2.15. The highest BCUT2D eigenvalue weighted by atomic mass is 35.5. The van der Waals surface area contributed by atoms with E-state index in [-0.39, 0.29) is 12.1 Å². The summed E-state index contributed by atoms with van der Waals surface area (Å²) in [5.41, 5.74) is 1.47. The molecule has 1 unspecified atom stereocenters. The fourth-order valence-electron chi connectivity index (χ4n) is 2.24. The van der Waals surface area contributed by atoms with Gasteiger partial charge in [0.15, 0.2) is 0 Å². The average molecular weight is 323 g/mol. The molecule has 0 bridgehead atoms. The monoisotopic (exact) mass is 322 g/mol. The van der Waals surface area contributed by atoms with Crippen molar-refractivity contribution in [3.05, 3.63) is 46.4 Å². The van der Waals surface area contributed by atoms with Crippen molar-refractivity contribution >= 4 is 23.3 Å². The summed E-state index contributed by atoms with van der Waals surface area (Å²) >= 11 is 6.10. The number of carbonyl (C=O) groups excluding carboxylic acids is 1. The van der Waals surface area contributed by atoms with E-state index in [2.05, 4.69) is 10.6 Å². The molecule has 5 nitrogen and oxygen atoms in total. The summed E-state index contributed by atoms with van der Waals surface area (Å²) in [7, 11) is 1.56. The van der Waals surface area contributed by atoms with Crippen molar-refractivity contribution in [2.45, 2.75) is 26.8 Å². The maximum absolute atomic E-state index is 12.1. The highest BCUT2D eigenvalue weighted by Gasteiger charge is 2.15. The summed E-state index contributed by atoms with van der Waals surface area (Å²) in [5.74, 6) is 2.25. The lowest BCUT2D eigenvalue weighted by molar-refractivity contribution is 0.249. The van der Waals surface area contributed by atoms with Crippen LogP contribution in [-0.4, -0.2) is 13.1 Å². The van der Waals surface area contributed by atoms with E-state index in [1.807, 2.05) is 26.8 Å². The van der Waals surface area contributed by atoms with Crippen LogP contribution in [0.25, 0.3) is 0 Å². The number of rotatable bonds is 4. The number of ether oxygens (including phenoxy) is 1.